The first-order chi connectivity index (χ1) is 7.79. The summed E-state index contributed by atoms with van der Waals surface area (Å²) < 4.78 is 5.59. The highest BCUT2D eigenvalue weighted by molar-refractivity contribution is 5.38. The highest BCUT2D eigenvalue weighted by atomic mass is 16.5. The maximum absolute atomic E-state index is 8.62. The number of aryl methyl sites for hydroxylation is 1. The van der Waals surface area contributed by atoms with Gasteiger partial charge >= 0.3 is 0 Å². The Labute approximate surface area is 97.9 Å². The maximum atomic E-state index is 8.62. The maximum Gasteiger partial charge on any atom is 0.122 e. The van der Waals surface area contributed by atoms with Crippen LogP contribution in [0.5, 0.6) is 5.75 Å². The van der Waals surface area contributed by atoms with Crippen LogP contribution in [0, 0.1) is 24.2 Å². The average Bonchev–Trinajstić information content (AvgIpc) is 2.31. The zero-order valence-corrected chi connectivity index (χ0v) is 10.3. The Balaban J connectivity index is 0.000000606. The van der Waals surface area contributed by atoms with E-state index in [9.17, 15) is 0 Å². The predicted octanol–water partition coefficient (Wildman–Crippen LogP) is 3.49. The van der Waals surface area contributed by atoms with Crippen molar-refractivity contribution in [1.82, 2.24) is 0 Å². The molecule has 0 spiro atoms. The van der Waals surface area contributed by atoms with E-state index >= 15 is 0 Å². The zero-order valence-electron chi connectivity index (χ0n) is 10.3. The van der Waals surface area contributed by atoms with Crippen molar-refractivity contribution in [3.63, 3.8) is 0 Å². The van der Waals surface area contributed by atoms with E-state index in [1.807, 2.05) is 19.9 Å². The van der Waals surface area contributed by atoms with Gasteiger partial charge in [-0.15, -0.1) is 0 Å². The molecule has 2 heteroatoms. The summed E-state index contributed by atoms with van der Waals surface area (Å²) in [6, 6.07) is 8.43. The molecule has 0 amide bonds. The van der Waals surface area contributed by atoms with E-state index in [4.69, 9.17) is 10.00 Å². The third-order valence-corrected chi connectivity index (χ3v) is 2.58. The van der Waals surface area contributed by atoms with Crippen molar-refractivity contribution >= 4 is 0 Å². The van der Waals surface area contributed by atoms with Crippen molar-refractivity contribution in [3.8, 4) is 11.8 Å². The molecule has 1 aromatic rings. The minimum atomic E-state index is 0.370. The average molecular weight is 217 g/mol. The molecule has 1 atom stereocenters. The van der Waals surface area contributed by atoms with Gasteiger partial charge in [-0.1, -0.05) is 31.5 Å². The smallest absolute Gasteiger partial charge is 0.122 e. The van der Waals surface area contributed by atoms with Crippen LogP contribution in [-0.4, -0.2) is 6.61 Å². The van der Waals surface area contributed by atoms with E-state index in [0.29, 0.717) is 18.9 Å². The number of hydrogen-bond donors (Lipinski definition) is 0. The lowest BCUT2D eigenvalue weighted by atomic mass is 9.94. The third kappa shape index (κ3) is 3.00. The molecule has 2 rings (SSSR count). The van der Waals surface area contributed by atoms with Gasteiger partial charge in [-0.25, -0.2) is 0 Å². The first-order valence-electron chi connectivity index (χ1n) is 5.89. The summed E-state index contributed by atoms with van der Waals surface area (Å²) in [7, 11) is 0. The van der Waals surface area contributed by atoms with E-state index in [-0.39, 0.29) is 0 Å². The Kier molecular flexibility index (Phi) is 4.85. The fourth-order valence-corrected chi connectivity index (χ4v) is 1.85. The van der Waals surface area contributed by atoms with Gasteiger partial charge in [-0.2, -0.15) is 5.26 Å². The SMILES string of the molecule is CC.Cc1ccc2c(c1)CC(CC#N)CO2. The summed E-state index contributed by atoms with van der Waals surface area (Å²) in [5.74, 6) is 1.36. The zero-order chi connectivity index (χ0) is 12.0. The van der Waals surface area contributed by atoms with Gasteiger partial charge in [-0.05, 0) is 25.0 Å². The van der Waals surface area contributed by atoms with Gasteiger partial charge in [-0.3, -0.25) is 0 Å². The van der Waals surface area contributed by atoms with Crippen molar-refractivity contribution in [2.45, 2.75) is 33.6 Å². The summed E-state index contributed by atoms with van der Waals surface area (Å²) in [5, 5.41) is 8.62. The van der Waals surface area contributed by atoms with Crippen LogP contribution in [-0.2, 0) is 6.42 Å². The highest BCUT2D eigenvalue weighted by Crippen LogP contribution is 2.29. The topological polar surface area (TPSA) is 33.0 Å². The largest absolute Gasteiger partial charge is 0.493 e. The lowest BCUT2D eigenvalue weighted by Gasteiger charge is -2.23. The van der Waals surface area contributed by atoms with Crippen molar-refractivity contribution in [2.24, 2.45) is 5.92 Å². The number of rotatable bonds is 1. The number of hydrogen-bond acceptors (Lipinski definition) is 2. The summed E-state index contributed by atoms with van der Waals surface area (Å²) in [5.41, 5.74) is 2.50. The van der Waals surface area contributed by atoms with Gasteiger partial charge < -0.3 is 4.74 Å². The highest BCUT2D eigenvalue weighted by Gasteiger charge is 2.19. The second-order valence-electron chi connectivity index (χ2n) is 3.85. The van der Waals surface area contributed by atoms with Crippen LogP contribution in [0.4, 0.5) is 0 Å². The molecule has 2 nitrogen and oxygen atoms in total. The molecule has 1 aromatic carbocycles. The minimum absolute atomic E-state index is 0.370. The standard InChI is InChI=1S/C12H13NO.C2H6/c1-9-2-3-12-11(6-9)7-10(4-5-13)8-14-12;1-2/h2-3,6,10H,4,7-8H2,1H3;1-2H3. The monoisotopic (exact) mass is 217 g/mol. The summed E-state index contributed by atoms with van der Waals surface area (Å²) in [6.45, 7) is 6.76. The first kappa shape index (κ1) is 12.6. The molecule has 0 saturated carbocycles. The second-order valence-corrected chi connectivity index (χ2v) is 3.85. The van der Waals surface area contributed by atoms with E-state index in [1.54, 1.807) is 0 Å². The van der Waals surface area contributed by atoms with Gasteiger partial charge in [0.2, 0.25) is 0 Å². The van der Waals surface area contributed by atoms with Crippen LogP contribution < -0.4 is 4.74 Å². The summed E-state index contributed by atoms with van der Waals surface area (Å²) >= 11 is 0. The molecule has 1 unspecified atom stereocenters. The summed E-state index contributed by atoms with van der Waals surface area (Å²) in [6.07, 6.45) is 1.57. The molecule has 0 aliphatic carbocycles. The van der Waals surface area contributed by atoms with Crippen molar-refractivity contribution in [1.29, 1.82) is 5.26 Å². The Morgan fingerprint density at radius 1 is 1.44 bits per heavy atom. The Bertz CT molecular complexity index is 379. The van der Waals surface area contributed by atoms with E-state index in [0.717, 1.165) is 12.2 Å². The molecular formula is C14H19NO. The quantitative estimate of drug-likeness (QED) is 0.721. The lowest BCUT2D eigenvalue weighted by molar-refractivity contribution is 0.224. The normalized spacial score (nSPS) is 17.2. The Morgan fingerprint density at radius 2 is 2.19 bits per heavy atom. The molecule has 0 radical (unpaired) electrons. The van der Waals surface area contributed by atoms with Gasteiger partial charge in [0.05, 0.1) is 12.7 Å². The Morgan fingerprint density at radius 3 is 2.88 bits per heavy atom. The molecule has 1 heterocycles. The van der Waals surface area contributed by atoms with Crippen molar-refractivity contribution in [2.75, 3.05) is 6.61 Å². The molecule has 0 bridgehead atoms. The van der Waals surface area contributed by atoms with Crippen LogP contribution >= 0.6 is 0 Å². The molecule has 0 N–H and O–H groups in total. The van der Waals surface area contributed by atoms with E-state index in [2.05, 4.69) is 25.1 Å². The number of benzene rings is 1. The first-order valence-corrected chi connectivity index (χ1v) is 5.89. The number of nitrogens with zero attached hydrogens (tertiary/aromatic N) is 1. The lowest BCUT2D eigenvalue weighted by Crippen LogP contribution is -2.20. The molecule has 1 aliphatic heterocycles. The Hall–Kier alpha value is -1.49. The molecule has 16 heavy (non-hydrogen) atoms. The van der Waals surface area contributed by atoms with Gasteiger partial charge in [0.15, 0.2) is 0 Å². The molecule has 0 saturated heterocycles. The second kappa shape index (κ2) is 6.17. The predicted molar refractivity (Wildman–Crippen MR) is 65.4 cm³/mol. The van der Waals surface area contributed by atoms with E-state index < -0.39 is 0 Å². The van der Waals surface area contributed by atoms with Crippen LogP contribution in [0.3, 0.4) is 0 Å². The molecule has 1 aliphatic rings. The molecule has 0 aromatic heterocycles. The molecule has 86 valence electrons. The molecule has 0 fully saturated rings. The number of nitriles is 1. The van der Waals surface area contributed by atoms with Gasteiger partial charge in [0, 0.05) is 12.3 Å². The van der Waals surface area contributed by atoms with E-state index in [1.165, 1.54) is 11.1 Å². The van der Waals surface area contributed by atoms with Crippen LogP contribution in [0.25, 0.3) is 0 Å². The number of ether oxygens (including phenoxy) is 1. The van der Waals surface area contributed by atoms with Crippen LogP contribution in [0.15, 0.2) is 18.2 Å². The van der Waals surface area contributed by atoms with Crippen molar-refractivity contribution in [3.05, 3.63) is 29.3 Å². The van der Waals surface area contributed by atoms with Gasteiger partial charge in [0.25, 0.3) is 0 Å². The summed E-state index contributed by atoms with van der Waals surface area (Å²) in [4.78, 5) is 0. The third-order valence-electron chi connectivity index (χ3n) is 2.58. The minimum Gasteiger partial charge on any atom is -0.493 e. The van der Waals surface area contributed by atoms with Crippen LogP contribution in [0.2, 0.25) is 0 Å². The van der Waals surface area contributed by atoms with Gasteiger partial charge in [0.1, 0.15) is 5.75 Å². The number of fused-ring (bicyclic) bond motifs is 1. The van der Waals surface area contributed by atoms with Crippen LogP contribution in [0.1, 0.15) is 31.4 Å². The van der Waals surface area contributed by atoms with Crippen molar-refractivity contribution < 1.29 is 4.74 Å². The fourth-order valence-electron chi connectivity index (χ4n) is 1.85. The molecular weight excluding hydrogens is 198 g/mol. The fraction of sp³-hybridized carbons (Fsp3) is 0.500.